The average molecular weight is 282 g/mol. The zero-order chi connectivity index (χ0) is 15.5. The molecule has 110 valence electrons. The van der Waals surface area contributed by atoms with Crippen LogP contribution in [0, 0.1) is 22.7 Å². The van der Waals surface area contributed by atoms with E-state index in [1.165, 1.54) is 7.11 Å². The minimum atomic E-state index is -1.36. The van der Waals surface area contributed by atoms with E-state index in [0.29, 0.717) is 5.57 Å². The molecule has 0 radical (unpaired) electrons. The predicted octanol–water partition coefficient (Wildman–Crippen LogP) is 1.31. The molecule has 0 aromatic carbocycles. The van der Waals surface area contributed by atoms with Gasteiger partial charge in [-0.3, -0.25) is 14.4 Å². The lowest BCUT2D eigenvalue weighted by atomic mass is 9.64. The van der Waals surface area contributed by atoms with E-state index in [2.05, 4.69) is 0 Å². The Hall–Kier alpha value is -1.85. The lowest BCUT2D eigenvalue weighted by molar-refractivity contribution is -0.165. The molecule has 0 saturated heterocycles. The molecule has 0 aliphatic heterocycles. The number of ether oxygens (including phenoxy) is 1. The Labute approximate surface area is 116 Å². The second-order valence-electron chi connectivity index (χ2n) is 5.94. The molecule has 4 atom stereocenters. The van der Waals surface area contributed by atoms with Crippen LogP contribution in [0.2, 0.25) is 0 Å². The quantitative estimate of drug-likeness (QED) is 0.598. The van der Waals surface area contributed by atoms with Crippen molar-refractivity contribution in [2.75, 3.05) is 7.11 Å². The van der Waals surface area contributed by atoms with Crippen molar-refractivity contribution >= 4 is 17.9 Å². The van der Waals surface area contributed by atoms with Gasteiger partial charge in [-0.15, -0.1) is 0 Å². The zero-order valence-electron chi connectivity index (χ0n) is 11.9. The molecular formula is C14H18O6. The fourth-order valence-electron chi connectivity index (χ4n) is 4.25. The molecule has 0 heterocycles. The number of hydrogen-bond donors (Lipinski definition) is 2. The summed E-state index contributed by atoms with van der Waals surface area (Å²) in [5.74, 6) is -5.52. The third-order valence-corrected chi connectivity index (χ3v) is 5.37. The molecule has 2 bridgehead atoms. The van der Waals surface area contributed by atoms with Crippen LogP contribution < -0.4 is 0 Å². The fraction of sp³-hybridized carbons (Fsp3) is 0.643. The highest BCUT2D eigenvalue weighted by molar-refractivity contribution is 5.94. The molecule has 1 fully saturated rings. The van der Waals surface area contributed by atoms with Crippen molar-refractivity contribution < 1.29 is 29.3 Å². The van der Waals surface area contributed by atoms with Crippen molar-refractivity contribution in [2.45, 2.75) is 27.2 Å². The van der Waals surface area contributed by atoms with Crippen molar-refractivity contribution in [1.82, 2.24) is 0 Å². The van der Waals surface area contributed by atoms with Crippen LogP contribution in [-0.2, 0) is 19.1 Å². The third kappa shape index (κ3) is 1.36. The maximum Gasteiger partial charge on any atom is 0.316 e. The number of hydrogen-bond acceptors (Lipinski definition) is 4. The lowest BCUT2D eigenvalue weighted by Gasteiger charge is -2.37. The number of aliphatic carboxylic acids is 2. The van der Waals surface area contributed by atoms with Crippen LogP contribution in [0.1, 0.15) is 27.2 Å². The number of carbonyl (C=O) groups excluding carboxylic acids is 1. The smallest absolute Gasteiger partial charge is 0.316 e. The normalized spacial score (nSPS) is 39.0. The second kappa shape index (κ2) is 4.07. The van der Waals surface area contributed by atoms with Gasteiger partial charge in [-0.25, -0.2) is 0 Å². The number of carboxylic acids is 2. The van der Waals surface area contributed by atoms with E-state index < -0.39 is 40.6 Å². The number of carboxylic acid groups (broad SMARTS) is 2. The molecule has 2 N–H and O–H groups in total. The Kier molecular flexibility index (Phi) is 2.96. The number of carbonyl (C=O) groups is 3. The first-order valence-corrected chi connectivity index (χ1v) is 6.37. The molecule has 20 heavy (non-hydrogen) atoms. The topological polar surface area (TPSA) is 101 Å². The van der Waals surface area contributed by atoms with Crippen LogP contribution in [0.5, 0.6) is 0 Å². The van der Waals surface area contributed by atoms with Crippen molar-refractivity contribution in [3.8, 4) is 0 Å². The third-order valence-electron chi connectivity index (χ3n) is 5.37. The summed E-state index contributed by atoms with van der Waals surface area (Å²) in [6.07, 6.45) is 0.179. The largest absolute Gasteiger partial charge is 0.481 e. The highest BCUT2D eigenvalue weighted by Crippen LogP contribution is 2.69. The van der Waals surface area contributed by atoms with Gasteiger partial charge in [0.1, 0.15) is 5.41 Å². The minimum absolute atomic E-state index is 0.179. The van der Waals surface area contributed by atoms with Crippen LogP contribution >= 0.6 is 0 Å². The van der Waals surface area contributed by atoms with Gasteiger partial charge in [0.05, 0.1) is 18.9 Å². The van der Waals surface area contributed by atoms with Gasteiger partial charge in [0, 0.05) is 5.41 Å². The highest BCUT2D eigenvalue weighted by Gasteiger charge is 2.73. The van der Waals surface area contributed by atoms with Gasteiger partial charge in [0.25, 0.3) is 0 Å². The summed E-state index contributed by atoms with van der Waals surface area (Å²) < 4.78 is 4.80. The van der Waals surface area contributed by atoms with Crippen molar-refractivity contribution in [3.63, 3.8) is 0 Å². The highest BCUT2D eigenvalue weighted by atomic mass is 16.5. The standard InChI is InChI=1S/C14H18O6/c1-6-7(2)14(12(19)20-4)5-13(6,3)8(10(15)16)9(14)11(17)18/h8-9H,5H2,1-4H3,(H,15,16)(H,17,18). The van der Waals surface area contributed by atoms with Crippen LogP contribution in [0.15, 0.2) is 11.1 Å². The molecule has 6 heteroatoms. The Morgan fingerprint density at radius 1 is 1.10 bits per heavy atom. The first-order chi connectivity index (χ1) is 9.14. The number of esters is 1. The Balaban J connectivity index is 2.75. The maximum absolute atomic E-state index is 12.3. The Morgan fingerprint density at radius 2 is 1.60 bits per heavy atom. The second-order valence-corrected chi connectivity index (χ2v) is 5.94. The number of rotatable bonds is 3. The van der Waals surface area contributed by atoms with E-state index in [1.807, 2.05) is 0 Å². The fourth-order valence-corrected chi connectivity index (χ4v) is 4.25. The molecular weight excluding hydrogens is 264 g/mol. The molecule has 2 rings (SSSR count). The van der Waals surface area contributed by atoms with Crippen molar-refractivity contribution in [3.05, 3.63) is 11.1 Å². The molecule has 0 aromatic heterocycles. The van der Waals surface area contributed by atoms with E-state index in [4.69, 9.17) is 4.74 Å². The van der Waals surface area contributed by atoms with Crippen LogP contribution in [-0.4, -0.2) is 35.2 Å². The Bertz CT molecular complexity index is 548. The van der Waals surface area contributed by atoms with Gasteiger partial charge in [0.15, 0.2) is 0 Å². The SMILES string of the molecule is COC(=O)C12CC(C)(C(C)=C1C)C(C(=O)O)C2C(=O)O. The minimum Gasteiger partial charge on any atom is -0.481 e. The van der Waals surface area contributed by atoms with E-state index in [-0.39, 0.29) is 6.42 Å². The summed E-state index contributed by atoms with van der Waals surface area (Å²) in [5.41, 5.74) is -0.764. The molecule has 0 aromatic rings. The molecule has 6 nitrogen and oxygen atoms in total. The maximum atomic E-state index is 12.3. The van der Waals surface area contributed by atoms with Crippen LogP contribution in [0.3, 0.4) is 0 Å². The monoisotopic (exact) mass is 282 g/mol. The van der Waals surface area contributed by atoms with Crippen LogP contribution in [0.4, 0.5) is 0 Å². The number of fused-ring (bicyclic) bond motifs is 2. The summed E-state index contributed by atoms with van der Waals surface area (Å²) in [5, 5.41) is 18.9. The molecule has 2 aliphatic carbocycles. The van der Waals surface area contributed by atoms with E-state index in [9.17, 15) is 24.6 Å². The van der Waals surface area contributed by atoms with Gasteiger partial charge in [-0.2, -0.15) is 0 Å². The summed E-state index contributed by atoms with van der Waals surface area (Å²) in [4.78, 5) is 35.5. The first kappa shape index (κ1) is 14.6. The van der Waals surface area contributed by atoms with Gasteiger partial charge in [0.2, 0.25) is 0 Å². The average Bonchev–Trinajstić information content (AvgIpc) is 2.76. The van der Waals surface area contributed by atoms with Gasteiger partial charge < -0.3 is 14.9 Å². The molecule has 1 saturated carbocycles. The van der Waals surface area contributed by atoms with Gasteiger partial charge >= 0.3 is 17.9 Å². The van der Waals surface area contributed by atoms with Crippen LogP contribution in [0.25, 0.3) is 0 Å². The lowest BCUT2D eigenvalue weighted by Crippen LogP contribution is -2.47. The van der Waals surface area contributed by atoms with E-state index >= 15 is 0 Å². The van der Waals surface area contributed by atoms with Gasteiger partial charge in [-0.1, -0.05) is 18.1 Å². The summed E-state index contributed by atoms with van der Waals surface area (Å²) in [7, 11) is 1.20. The molecule has 4 unspecified atom stereocenters. The summed E-state index contributed by atoms with van der Waals surface area (Å²) >= 11 is 0. The molecule has 2 aliphatic rings. The predicted molar refractivity (Wildman–Crippen MR) is 67.8 cm³/mol. The van der Waals surface area contributed by atoms with E-state index in [0.717, 1.165) is 5.57 Å². The van der Waals surface area contributed by atoms with Crippen molar-refractivity contribution in [1.29, 1.82) is 0 Å². The molecule has 0 amide bonds. The number of methoxy groups -OCH3 is 1. The summed E-state index contributed by atoms with van der Waals surface area (Å²) in [6.45, 7) is 5.19. The molecule has 0 spiro atoms. The number of allylic oxidation sites excluding steroid dienone is 1. The first-order valence-electron chi connectivity index (χ1n) is 6.37. The van der Waals surface area contributed by atoms with E-state index in [1.54, 1.807) is 20.8 Å². The van der Waals surface area contributed by atoms with Crippen molar-refractivity contribution in [2.24, 2.45) is 22.7 Å². The van der Waals surface area contributed by atoms with Gasteiger partial charge in [-0.05, 0) is 20.3 Å². The summed E-state index contributed by atoms with van der Waals surface area (Å²) in [6, 6.07) is 0. The zero-order valence-corrected chi connectivity index (χ0v) is 11.9. The Morgan fingerprint density at radius 3 is 2.00 bits per heavy atom.